The van der Waals surface area contributed by atoms with Crippen molar-refractivity contribution in [2.45, 2.75) is 37.8 Å². The van der Waals surface area contributed by atoms with E-state index in [2.05, 4.69) is 51.8 Å². The number of para-hydroxylation sites is 1. The van der Waals surface area contributed by atoms with Crippen LogP contribution in [0.4, 0.5) is 5.69 Å². The summed E-state index contributed by atoms with van der Waals surface area (Å²) in [6, 6.07) is 9.69. The van der Waals surface area contributed by atoms with Crippen LogP contribution < -0.4 is 10.6 Å². The van der Waals surface area contributed by atoms with Gasteiger partial charge in [-0.25, -0.2) is 0 Å². The summed E-state index contributed by atoms with van der Waals surface area (Å²) in [7, 11) is 2.06. The molecule has 0 radical (unpaired) electrons. The van der Waals surface area contributed by atoms with Crippen molar-refractivity contribution >= 4 is 21.6 Å². The highest BCUT2D eigenvalue weighted by Crippen LogP contribution is 2.26. The molecule has 1 fully saturated rings. The summed E-state index contributed by atoms with van der Waals surface area (Å²) >= 11 is 3.57. The third-order valence-corrected chi connectivity index (χ3v) is 4.06. The molecule has 1 aromatic rings. The van der Waals surface area contributed by atoms with Crippen LogP contribution >= 0.6 is 15.9 Å². The topological polar surface area (TPSA) is 24.1 Å². The predicted molar refractivity (Wildman–Crippen MR) is 72.9 cm³/mol. The summed E-state index contributed by atoms with van der Waals surface area (Å²) in [5.74, 6) is 0. The zero-order valence-corrected chi connectivity index (χ0v) is 11.3. The van der Waals surface area contributed by atoms with E-state index < -0.39 is 0 Å². The Morgan fingerprint density at radius 1 is 1.06 bits per heavy atom. The molecule has 1 aromatic carbocycles. The smallest absolute Gasteiger partial charge is 0.0486 e. The molecule has 2 rings (SSSR count). The molecule has 0 spiro atoms. The molecule has 0 atom stereocenters. The third-order valence-electron chi connectivity index (χ3n) is 3.37. The number of anilines is 1. The molecular formula is C13H19BrN2. The largest absolute Gasteiger partial charge is 0.381 e. The molecule has 0 amide bonds. The highest BCUT2D eigenvalue weighted by atomic mass is 79.9. The van der Waals surface area contributed by atoms with Gasteiger partial charge in [0.05, 0.1) is 0 Å². The van der Waals surface area contributed by atoms with E-state index in [1.54, 1.807) is 0 Å². The molecule has 0 saturated heterocycles. The molecule has 1 aliphatic carbocycles. The molecule has 0 bridgehead atoms. The number of hydrogen-bond acceptors (Lipinski definition) is 2. The van der Waals surface area contributed by atoms with E-state index in [9.17, 15) is 0 Å². The second-order valence-electron chi connectivity index (χ2n) is 4.46. The highest BCUT2D eigenvalue weighted by Gasteiger charge is 2.19. The van der Waals surface area contributed by atoms with E-state index >= 15 is 0 Å². The van der Waals surface area contributed by atoms with Crippen molar-refractivity contribution in [2.24, 2.45) is 0 Å². The molecule has 1 aliphatic rings. The molecule has 2 N–H and O–H groups in total. The van der Waals surface area contributed by atoms with Crippen LogP contribution in [0.5, 0.6) is 0 Å². The van der Waals surface area contributed by atoms with Crippen LogP contribution in [0.3, 0.4) is 0 Å². The minimum atomic E-state index is 0.628. The minimum Gasteiger partial charge on any atom is -0.381 e. The Labute approximate surface area is 106 Å². The minimum absolute atomic E-state index is 0.628. The summed E-state index contributed by atoms with van der Waals surface area (Å²) in [6.45, 7) is 0. The first-order valence-electron chi connectivity index (χ1n) is 5.98. The lowest BCUT2D eigenvalue weighted by Crippen LogP contribution is -2.35. The summed E-state index contributed by atoms with van der Waals surface area (Å²) in [5, 5.41) is 6.98. The van der Waals surface area contributed by atoms with Gasteiger partial charge < -0.3 is 10.6 Å². The maximum absolute atomic E-state index is 3.62. The molecule has 0 aliphatic heterocycles. The maximum Gasteiger partial charge on any atom is 0.0486 e. The Kier molecular flexibility index (Phi) is 4.24. The van der Waals surface area contributed by atoms with Crippen molar-refractivity contribution < 1.29 is 0 Å². The van der Waals surface area contributed by atoms with Crippen molar-refractivity contribution in [3.63, 3.8) is 0 Å². The van der Waals surface area contributed by atoms with Crippen molar-refractivity contribution in [3.05, 3.63) is 28.7 Å². The molecule has 3 heteroatoms. The highest BCUT2D eigenvalue weighted by molar-refractivity contribution is 9.10. The van der Waals surface area contributed by atoms with E-state index in [1.165, 1.54) is 31.4 Å². The average Bonchev–Trinajstić information content (AvgIpc) is 2.33. The first kappa shape index (κ1) is 11.9. The second-order valence-corrected chi connectivity index (χ2v) is 5.32. The van der Waals surface area contributed by atoms with E-state index in [4.69, 9.17) is 0 Å². The van der Waals surface area contributed by atoms with E-state index in [1.807, 2.05) is 6.07 Å². The summed E-state index contributed by atoms with van der Waals surface area (Å²) in [6.07, 6.45) is 5.07. The third kappa shape index (κ3) is 2.98. The number of benzene rings is 1. The maximum atomic E-state index is 3.62. The summed E-state index contributed by atoms with van der Waals surface area (Å²) < 4.78 is 1.16. The number of halogens is 1. The fourth-order valence-corrected chi connectivity index (χ4v) is 2.72. The van der Waals surface area contributed by atoms with Gasteiger partial charge in [0.2, 0.25) is 0 Å². The van der Waals surface area contributed by atoms with Crippen LogP contribution in [0.2, 0.25) is 0 Å². The lowest BCUT2D eigenvalue weighted by Gasteiger charge is -2.29. The molecule has 0 unspecified atom stereocenters. The van der Waals surface area contributed by atoms with Gasteiger partial charge in [0.1, 0.15) is 0 Å². The molecule has 88 valence electrons. The van der Waals surface area contributed by atoms with Gasteiger partial charge in [-0.2, -0.15) is 0 Å². The summed E-state index contributed by atoms with van der Waals surface area (Å²) in [5.41, 5.74) is 1.22. The zero-order chi connectivity index (χ0) is 11.4. The molecule has 1 saturated carbocycles. The normalized spacial score (nSPS) is 25.4. The van der Waals surface area contributed by atoms with E-state index in [-0.39, 0.29) is 0 Å². The molecule has 16 heavy (non-hydrogen) atoms. The predicted octanol–water partition coefficient (Wildman–Crippen LogP) is 3.39. The van der Waals surface area contributed by atoms with Crippen LogP contribution in [-0.2, 0) is 0 Å². The zero-order valence-electron chi connectivity index (χ0n) is 9.67. The quantitative estimate of drug-likeness (QED) is 0.888. The van der Waals surface area contributed by atoms with Gasteiger partial charge in [0, 0.05) is 22.2 Å². The Bertz CT molecular complexity index is 332. The second kappa shape index (κ2) is 5.69. The van der Waals surface area contributed by atoms with Crippen molar-refractivity contribution in [3.8, 4) is 0 Å². The van der Waals surface area contributed by atoms with Crippen LogP contribution in [0.15, 0.2) is 28.7 Å². The number of hydrogen-bond donors (Lipinski definition) is 2. The van der Waals surface area contributed by atoms with Crippen LogP contribution in [-0.4, -0.2) is 19.1 Å². The molecular weight excluding hydrogens is 264 g/mol. The van der Waals surface area contributed by atoms with Crippen LogP contribution in [0, 0.1) is 0 Å². The lowest BCUT2D eigenvalue weighted by atomic mass is 9.91. The van der Waals surface area contributed by atoms with Gasteiger partial charge in [-0.15, -0.1) is 0 Å². The molecule has 0 heterocycles. The van der Waals surface area contributed by atoms with Gasteiger partial charge in [0.25, 0.3) is 0 Å². The average molecular weight is 283 g/mol. The Morgan fingerprint density at radius 3 is 2.31 bits per heavy atom. The number of rotatable bonds is 3. The van der Waals surface area contributed by atoms with E-state index in [0.29, 0.717) is 6.04 Å². The Balaban J connectivity index is 1.89. The van der Waals surface area contributed by atoms with Gasteiger partial charge >= 0.3 is 0 Å². The van der Waals surface area contributed by atoms with Crippen molar-refractivity contribution in [1.82, 2.24) is 5.32 Å². The van der Waals surface area contributed by atoms with Gasteiger partial charge in [0.15, 0.2) is 0 Å². The van der Waals surface area contributed by atoms with Gasteiger partial charge in [-0.3, -0.25) is 0 Å². The fourth-order valence-electron chi connectivity index (χ4n) is 2.32. The summed E-state index contributed by atoms with van der Waals surface area (Å²) in [4.78, 5) is 0. The Morgan fingerprint density at radius 2 is 1.69 bits per heavy atom. The van der Waals surface area contributed by atoms with E-state index in [0.717, 1.165) is 10.5 Å². The fraction of sp³-hybridized carbons (Fsp3) is 0.538. The first-order chi connectivity index (χ1) is 7.79. The standard InChI is InChI=1S/C13H19BrN2/c1-15-10-6-8-11(9-7-10)16-13-5-3-2-4-12(13)14/h2-5,10-11,15-16H,6-9H2,1H3. The molecule has 0 aromatic heterocycles. The molecule has 2 nitrogen and oxygen atoms in total. The SMILES string of the molecule is CNC1CCC(Nc2ccccc2Br)CC1. The van der Waals surface area contributed by atoms with Crippen molar-refractivity contribution in [2.75, 3.05) is 12.4 Å². The van der Waals surface area contributed by atoms with Crippen LogP contribution in [0.1, 0.15) is 25.7 Å². The van der Waals surface area contributed by atoms with Gasteiger partial charge in [-0.05, 0) is 60.8 Å². The monoisotopic (exact) mass is 282 g/mol. The van der Waals surface area contributed by atoms with Gasteiger partial charge in [-0.1, -0.05) is 12.1 Å². The first-order valence-corrected chi connectivity index (χ1v) is 6.77. The Hall–Kier alpha value is -0.540. The van der Waals surface area contributed by atoms with Crippen LogP contribution in [0.25, 0.3) is 0 Å². The van der Waals surface area contributed by atoms with Crippen molar-refractivity contribution in [1.29, 1.82) is 0 Å². The number of nitrogens with one attached hydrogen (secondary N) is 2. The lowest BCUT2D eigenvalue weighted by molar-refractivity contribution is 0.371.